The summed E-state index contributed by atoms with van der Waals surface area (Å²) in [6.07, 6.45) is 0. The smallest absolute Gasteiger partial charge is 0.244 e. The van der Waals surface area contributed by atoms with Gasteiger partial charge in [0.15, 0.2) is 0 Å². The number of nitrogens with two attached hydrogens (primary N) is 1. The van der Waals surface area contributed by atoms with Gasteiger partial charge < -0.3 is 10.6 Å². The summed E-state index contributed by atoms with van der Waals surface area (Å²) in [6.45, 7) is 6.06. The number of halogens is 1. The summed E-state index contributed by atoms with van der Waals surface area (Å²) in [7, 11) is 0. The molecule has 2 N–H and O–H groups in total. The number of thioether (sulfide) groups is 1. The second-order valence-corrected chi connectivity index (χ2v) is 6.67. The van der Waals surface area contributed by atoms with Crippen molar-refractivity contribution in [3.8, 4) is 0 Å². The lowest BCUT2D eigenvalue weighted by Gasteiger charge is -2.35. The number of hydrogen-bond acceptors (Lipinski definition) is 3. The number of benzene rings is 1. The average molecular weight is 315 g/mol. The van der Waals surface area contributed by atoms with Crippen molar-refractivity contribution in [2.45, 2.75) is 25.1 Å². The van der Waals surface area contributed by atoms with Gasteiger partial charge in [0, 0.05) is 24.1 Å². The summed E-state index contributed by atoms with van der Waals surface area (Å²) >= 11 is 1.97. The van der Waals surface area contributed by atoms with E-state index >= 15 is 0 Å². The van der Waals surface area contributed by atoms with Crippen LogP contribution in [0.15, 0.2) is 30.3 Å². The van der Waals surface area contributed by atoms with E-state index in [2.05, 4.69) is 13.8 Å². The molecule has 112 valence electrons. The molecule has 0 spiro atoms. The van der Waals surface area contributed by atoms with E-state index in [1.54, 1.807) is 0 Å². The van der Waals surface area contributed by atoms with Crippen molar-refractivity contribution in [1.82, 2.24) is 4.90 Å². The first-order valence-electron chi connectivity index (χ1n) is 6.80. The monoisotopic (exact) mass is 314 g/mol. The quantitative estimate of drug-likeness (QED) is 0.933. The van der Waals surface area contributed by atoms with Gasteiger partial charge in [0.05, 0.1) is 0 Å². The Bertz CT molecular complexity index is 427. The zero-order valence-corrected chi connectivity index (χ0v) is 13.6. The van der Waals surface area contributed by atoms with Crippen LogP contribution in [0, 0.1) is 5.92 Å². The molecule has 2 atom stereocenters. The van der Waals surface area contributed by atoms with Crippen LogP contribution in [0.1, 0.15) is 25.5 Å². The molecule has 1 saturated heterocycles. The van der Waals surface area contributed by atoms with Gasteiger partial charge in [-0.15, -0.1) is 12.4 Å². The van der Waals surface area contributed by atoms with Crippen molar-refractivity contribution in [2.75, 3.05) is 18.8 Å². The predicted octanol–water partition coefficient (Wildman–Crippen LogP) is 2.71. The summed E-state index contributed by atoms with van der Waals surface area (Å²) in [5, 5.41) is 0.528. The number of carbonyl (C=O) groups excluding carboxylic acids is 1. The van der Waals surface area contributed by atoms with Crippen molar-refractivity contribution in [1.29, 1.82) is 0 Å². The molecule has 5 heteroatoms. The third kappa shape index (κ3) is 4.14. The summed E-state index contributed by atoms with van der Waals surface area (Å²) in [6, 6.07) is 9.09. The molecular weight excluding hydrogens is 292 g/mol. The second kappa shape index (κ2) is 7.91. The number of amides is 1. The molecule has 1 aromatic carbocycles. The molecule has 0 bridgehead atoms. The highest BCUT2D eigenvalue weighted by Crippen LogP contribution is 2.26. The predicted molar refractivity (Wildman–Crippen MR) is 88.3 cm³/mol. The molecule has 2 unspecified atom stereocenters. The first kappa shape index (κ1) is 17.3. The van der Waals surface area contributed by atoms with Crippen molar-refractivity contribution in [2.24, 2.45) is 11.7 Å². The first-order chi connectivity index (χ1) is 9.09. The Hall–Kier alpha value is -0.710. The van der Waals surface area contributed by atoms with E-state index in [-0.39, 0.29) is 18.3 Å². The minimum absolute atomic E-state index is 0. The maximum atomic E-state index is 12.5. The Morgan fingerprint density at radius 2 is 2.00 bits per heavy atom. The summed E-state index contributed by atoms with van der Waals surface area (Å²) in [4.78, 5) is 14.4. The van der Waals surface area contributed by atoms with Crippen molar-refractivity contribution in [3.63, 3.8) is 0 Å². The van der Waals surface area contributed by atoms with Crippen LogP contribution in [0.3, 0.4) is 0 Å². The Balaban J connectivity index is 0.00000200. The number of hydrogen-bond donors (Lipinski definition) is 1. The van der Waals surface area contributed by atoms with Gasteiger partial charge in [-0.3, -0.25) is 4.79 Å². The number of nitrogens with zero attached hydrogens (tertiary/aromatic N) is 1. The summed E-state index contributed by atoms with van der Waals surface area (Å²) in [5.41, 5.74) is 6.99. The van der Waals surface area contributed by atoms with Crippen molar-refractivity contribution < 1.29 is 4.79 Å². The molecule has 0 aromatic heterocycles. The Kier molecular flexibility index (Phi) is 6.86. The number of carbonyl (C=O) groups is 1. The topological polar surface area (TPSA) is 46.3 Å². The minimum atomic E-state index is -0.530. The van der Waals surface area contributed by atoms with E-state index in [0.717, 1.165) is 24.4 Å². The Labute approximate surface area is 131 Å². The normalized spacial score (nSPS) is 20.4. The van der Waals surface area contributed by atoms with E-state index < -0.39 is 6.04 Å². The lowest BCUT2D eigenvalue weighted by atomic mass is 10.1. The van der Waals surface area contributed by atoms with Gasteiger partial charge in [0.1, 0.15) is 6.04 Å². The zero-order valence-electron chi connectivity index (χ0n) is 12.0. The van der Waals surface area contributed by atoms with E-state index in [1.807, 2.05) is 47.0 Å². The molecule has 0 saturated carbocycles. The number of rotatable bonds is 3. The maximum absolute atomic E-state index is 12.5. The third-order valence-electron chi connectivity index (χ3n) is 3.57. The molecule has 20 heavy (non-hydrogen) atoms. The van der Waals surface area contributed by atoms with Crippen LogP contribution in [-0.4, -0.2) is 34.9 Å². The molecule has 0 radical (unpaired) electrons. The van der Waals surface area contributed by atoms with Gasteiger partial charge in [-0.25, -0.2) is 0 Å². The van der Waals surface area contributed by atoms with Crippen LogP contribution in [0.4, 0.5) is 0 Å². The third-order valence-corrected chi connectivity index (χ3v) is 5.11. The van der Waals surface area contributed by atoms with Crippen LogP contribution in [0.25, 0.3) is 0 Å². The highest BCUT2D eigenvalue weighted by Gasteiger charge is 2.29. The molecule has 1 aliphatic heterocycles. The van der Waals surface area contributed by atoms with Gasteiger partial charge in [-0.2, -0.15) is 11.8 Å². The molecule has 3 nitrogen and oxygen atoms in total. The maximum Gasteiger partial charge on any atom is 0.244 e. The molecule has 1 heterocycles. The van der Waals surface area contributed by atoms with Crippen LogP contribution in [0.2, 0.25) is 0 Å². The van der Waals surface area contributed by atoms with E-state index in [9.17, 15) is 4.79 Å². The van der Waals surface area contributed by atoms with Gasteiger partial charge in [0.2, 0.25) is 5.91 Å². The lowest BCUT2D eigenvalue weighted by molar-refractivity contribution is -0.132. The van der Waals surface area contributed by atoms with E-state index in [0.29, 0.717) is 11.2 Å². The van der Waals surface area contributed by atoms with Crippen molar-refractivity contribution in [3.05, 3.63) is 35.9 Å². The molecule has 2 rings (SSSR count). The van der Waals surface area contributed by atoms with Crippen molar-refractivity contribution >= 4 is 30.1 Å². The zero-order chi connectivity index (χ0) is 13.8. The van der Waals surface area contributed by atoms with Crippen LogP contribution >= 0.6 is 24.2 Å². The Morgan fingerprint density at radius 3 is 2.60 bits per heavy atom. The van der Waals surface area contributed by atoms with E-state index in [4.69, 9.17) is 5.73 Å². The minimum Gasteiger partial charge on any atom is -0.339 e. The molecule has 1 aromatic rings. The van der Waals surface area contributed by atoms with Gasteiger partial charge in [-0.05, 0) is 11.5 Å². The van der Waals surface area contributed by atoms with Gasteiger partial charge in [-0.1, -0.05) is 44.2 Å². The summed E-state index contributed by atoms with van der Waals surface area (Å²) in [5.74, 6) is 1.65. The highest BCUT2D eigenvalue weighted by atomic mass is 35.5. The standard InChI is InChI=1S/C15H22N2OS.ClH/c1-11(2)13-10-17(8-9-19-13)15(18)14(16)12-6-4-3-5-7-12;/h3-7,11,13-14H,8-10,16H2,1-2H3;1H. The van der Waals surface area contributed by atoms with Gasteiger partial charge >= 0.3 is 0 Å². The van der Waals surface area contributed by atoms with E-state index in [1.165, 1.54) is 0 Å². The molecule has 1 amide bonds. The second-order valence-electron chi connectivity index (χ2n) is 5.33. The molecular formula is C15H23ClN2OS. The first-order valence-corrected chi connectivity index (χ1v) is 7.85. The SMILES string of the molecule is CC(C)C1CN(C(=O)C(N)c2ccccc2)CCS1.Cl. The fourth-order valence-corrected chi connectivity index (χ4v) is 3.58. The molecule has 1 aliphatic rings. The fourth-order valence-electron chi connectivity index (χ4n) is 2.28. The van der Waals surface area contributed by atoms with Crippen LogP contribution in [-0.2, 0) is 4.79 Å². The largest absolute Gasteiger partial charge is 0.339 e. The van der Waals surface area contributed by atoms with Crippen LogP contribution in [0.5, 0.6) is 0 Å². The molecule has 1 fully saturated rings. The highest BCUT2D eigenvalue weighted by molar-refractivity contribution is 8.00. The lowest BCUT2D eigenvalue weighted by Crippen LogP contribution is -2.47. The van der Waals surface area contributed by atoms with Crippen LogP contribution < -0.4 is 5.73 Å². The molecule has 0 aliphatic carbocycles. The fraction of sp³-hybridized carbons (Fsp3) is 0.533. The average Bonchev–Trinajstić information content (AvgIpc) is 2.46. The van der Waals surface area contributed by atoms with Gasteiger partial charge in [0.25, 0.3) is 0 Å². The summed E-state index contributed by atoms with van der Waals surface area (Å²) < 4.78 is 0. The Morgan fingerprint density at radius 1 is 1.35 bits per heavy atom.